The molecule has 2 rings (SSSR count). The number of carbonyl (C=O) groups excluding carboxylic acids is 1. The average molecular weight is 234 g/mol. The van der Waals surface area contributed by atoms with E-state index >= 15 is 0 Å². The Morgan fingerprint density at radius 3 is 2.88 bits per heavy atom. The van der Waals surface area contributed by atoms with E-state index in [0.717, 1.165) is 30.0 Å². The molecule has 0 fully saturated rings. The number of likely N-dealkylation sites (N-methyl/N-ethyl adjacent to an activating group) is 1. The summed E-state index contributed by atoms with van der Waals surface area (Å²) in [5, 5.41) is 5.88. The van der Waals surface area contributed by atoms with Crippen LogP contribution in [-0.4, -0.2) is 25.1 Å². The number of hydrogen-bond donors (Lipinski definition) is 2. The molecule has 0 bridgehead atoms. The molecule has 0 atom stereocenters. The van der Waals surface area contributed by atoms with Gasteiger partial charge in [0.05, 0.1) is 12.1 Å². The summed E-state index contributed by atoms with van der Waals surface area (Å²) >= 11 is 0. The quantitative estimate of drug-likeness (QED) is 0.834. The minimum atomic E-state index is -0.574. The number of hydrogen-bond acceptors (Lipinski definition) is 3. The van der Waals surface area contributed by atoms with Crippen LogP contribution in [-0.2, 0) is 11.2 Å². The molecular weight excluding hydrogens is 216 g/mol. The Morgan fingerprint density at radius 1 is 1.41 bits per heavy atom. The Labute approximate surface area is 101 Å². The van der Waals surface area contributed by atoms with E-state index in [1.54, 1.807) is 7.05 Å². The van der Waals surface area contributed by atoms with Crippen LogP contribution in [0.15, 0.2) is 18.2 Å². The maximum Gasteiger partial charge on any atom is 0.244 e. The second kappa shape index (κ2) is 4.37. The van der Waals surface area contributed by atoms with Gasteiger partial charge in [0.2, 0.25) is 5.91 Å². The van der Waals surface area contributed by atoms with Gasteiger partial charge in [0, 0.05) is 12.1 Å². The van der Waals surface area contributed by atoms with Crippen LogP contribution in [0.25, 0.3) is 0 Å². The lowest BCUT2D eigenvalue weighted by molar-refractivity contribution is -0.121. The van der Waals surface area contributed by atoms with Gasteiger partial charge in [-0.15, -0.1) is 0 Å². The number of benzene rings is 1. The van der Waals surface area contributed by atoms with E-state index in [1.165, 1.54) is 0 Å². The van der Waals surface area contributed by atoms with Crippen molar-refractivity contribution in [2.24, 2.45) is 0 Å². The van der Waals surface area contributed by atoms with Gasteiger partial charge < -0.3 is 15.4 Å². The van der Waals surface area contributed by atoms with Gasteiger partial charge in [0.15, 0.2) is 0 Å². The molecule has 0 saturated heterocycles. The Bertz CT molecular complexity index is 441. The topological polar surface area (TPSA) is 50.4 Å². The summed E-state index contributed by atoms with van der Waals surface area (Å²) in [6.45, 7) is 4.42. The third-order valence-electron chi connectivity index (χ3n) is 3.14. The van der Waals surface area contributed by atoms with Crippen molar-refractivity contribution in [1.82, 2.24) is 5.32 Å². The molecule has 2 N–H and O–H groups in total. The molecule has 0 aromatic heterocycles. The fourth-order valence-electron chi connectivity index (χ4n) is 1.67. The zero-order valence-electron chi connectivity index (χ0n) is 10.5. The summed E-state index contributed by atoms with van der Waals surface area (Å²) in [6.07, 6.45) is 0.911. The fraction of sp³-hybridized carbons (Fsp3) is 0.462. The average Bonchev–Trinajstić information content (AvgIpc) is 2.76. The van der Waals surface area contributed by atoms with E-state index in [0.29, 0.717) is 0 Å². The summed E-state index contributed by atoms with van der Waals surface area (Å²) in [7, 11) is 1.77. The van der Waals surface area contributed by atoms with Gasteiger partial charge in [-0.3, -0.25) is 4.79 Å². The number of rotatable bonds is 3. The SMILES string of the molecule is CNC(C)(C)C(=O)Nc1ccc2c(c1)CCO2. The Balaban J connectivity index is 2.12. The van der Waals surface area contributed by atoms with E-state index in [2.05, 4.69) is 10.6 Å². The van der Waals surface area contributed by atoms with Crippen molar-refractivity contribution in [2.75, 3.05) is 19.0 Å². The van der Waals surface area contributed by atoms with E-state index in [1.807, 2.05) is 32.0 Å². The monoisotopic (exact) mass is 234 g/mol. The number of nitrogens with one attached hydrogen (secondary N) is 2. The molecule has 0 aliphatic carbocycles. The van der Waals surface area contributed by atoms with Crippen LogP contribution in [0.3, 0.4) is 0 Å². The first-order chi connectivity index (χ1) is 8.03. The minimum Gasteiger partial charge on any atom is -0.493 e. The largest absolute Gasteiger partial charge is 0.493 e. The molecule has 1 heterocycles. The molecule has 0 saturated carbocycles. The van der Waals surface area contributed by atoms with E-state index in [9.17, 15) is 4.79 Å². The summed E-state index contributed by atoms with van der Waals surface area (Å²) in [5.41, 5.74) is 1.41. The van der Waals surface area contributed by atoms with Crippen LogP contribution in [0, 0.1) is 0 Å². The first kappa shape index (κ1) is 11.9. The standard InChI is InChI=1S/C13H18N2O2/c1-13(2,14-3)12(16)15-10-4-5-11-9(8-10)6-7-17-11/h4-5,8,14H,6-7H2,1-3H3,(H,15,16). The molecule has 0 unspecified atom stereocenters. The van der Waals surface area contributed by atoms with Crippen LogP contribution in [0.5, 0.6) is 5.75 Å². The van der Waals surface area contributed by atoms with E-state index in [4.69, 9.17) is 4.74 Å². The molecule has 1 aliphatic rings. The van der Waals surface area contributed by atoms with Crippen molar-refractivity contribution >= 4 is 11.6 Å². The third kappa shape index (κ3) is 2.42. The molecule has 4 nitrogen and oxygen atoms in total. The molecule has 1 aliphatic heterocycles. The van der Waals surface area contributed by atoms with Crippen molar-refractivity contribution in [1.29, 1.82) is 0 Å². The minimum absolute atomic E-state index is 0.0427. The fourth-order valence-corrected chi connectivity index (χ4v) is 1.67. The molecular formula is C13H18N2O2. The summed E-state index contributed by atoms with van der Waals surface area (Å²) < 4.78 is 5.42. The van der Waals surface area contributed by atoms with Gasteiger partial charge in [-0.2, -0.15) is 0 Å². The highest BCUT2D eigenvalue weighted by atomic mass is 16.5. The summed E-state index contributed by atoms with van der Waals surface area (Å²) in [6, 6.07) is 5.75. The van der Waals surface area contributed by atoms with Crippen molar-refractivity contribution in [3.05, 3.63) is 23.8 Å². The Morgan fingerprint density at radius 2 is 2.18 bits per heavy atom. The molecule has 4 heteroatoms. The first-order valence-corrected chi connectivity index (χ1v) is 5.79. The van der Waals surface area contributed by atoms with Crippen molar-refractivity contribution in [3.8, 4) is 5.75 Å². The smallest absolute Gasteiger partial charge is 0.244 e. The van der Waals surface area contributed by atoms with Gasteiger partial charge in [0.1, 0.15) is 5.75 Å². The number of amides is 1. The van der Waals surface area contributed by atoms with Crippen molar-refractivity contribution in [3.63, 3.8) is 0 Å². The highest BCUT2D eigenvalue weighted by molar-refractivity contribution is 5.97. The molecule has 0 spiro atoms. The van der Waals surface area contributed by atoms with Crippen LogP contribution in [0.1, 0.15) is 19.4 Å². The van der Waals surface area contributed by atoms with Gasteiger partial charge in [-0.05, 0) is 44.7 Å². The lowest BCUT2D eigenvalue weighted by Gasteiger charge is -2.22. The molecule has 1 aromatic carbocycles. The predicted octanol–water partition coefficient (Wildman–Crippen LogP) is 1.56. The number of fused-ring (bicyclic) bond motifs is 1. The summed E-state index contributed by atoms with van der Waals surface area (Å²) in [4.78, 5) is 12.0. The van der Waals surface area contributed by atoms with Crippen molar-refractivity contribution < 1.29 is 9.53 Å². The maximum atomic E-state index is 12.0. The third-order valence-corrected chi connectivity index (χ3v) is 3.14. The zero-order chi connectivity index (χ0) is 12.5. The lowest BCUT2D eigenvalue weighted by Crippen LogP contribution is -2.47. The summed E-state index contributed by atoms with van der Waals surface area (Å²) in [5.74, 6) is 0.884. The van der Waals surface area contributed by atoms with Gasteiger partial charge in [0.25, 0.3) is 0 Å². The molecule has 0 radical (unpaired) electrons. The second-order valence-corrected chi connectivity index (χ2v) is 4.75. The van der Waals surface area contributed by atoms with E-state index in [-0.39, 0.29) is 5.91 Å². The first-order valence-electron chi connectivity index (χ1n) is 5.79. The van der Waals surface area contributed by atoms with Crippen molar-refractivity contribution in [2.45, 2.75) is 25.8 Å². The van der Waals surface area contributed by atoms with Crippen LogP contribution >= 0.6 is 0 Å². The molecule has 1 aromatic rings. The Kier molecular flexibility index (Phi) is 3.07. The number of carbonyl (C=O) groups is 1. The Hall–Kier alpha value is -1.55. The second-order valence-electron chi connectivity index (χ2n) is 4.75. The van der Waals surface area contributed by atoms with Gasteiger partial charge in [-0.25, -0.2) is 0 Å². The molecule has 92 valence electrons. The normalized spacial score (nSPS) is 14.1. The highest BCUT2D eigenvalue weighted by Crippen LogP contribution is 2.28. The molecule has 17 heavy (non-hydrogen) atoms. The molecule has 1 amide bonds. The number of ether oxygens (including phenoxy) is 1. The number of anilines is 1. The van der Waals surface area contributed by atoms with Gasteiger partial charge >= 0.3 is 0 Å². The van der Waals surface area contributed by atoms with Gasteiger partial charge in [-0.1, -0.05) is 0 Å². The maximum absolute atomic E-state index is 12.0. The van der Waals surface area contributed by atoms with Crippen LogP contribution < -0.4 is 15.4 Å². The van der Waals surface area contributed by atoms with Crippen LogP contribution in [0.2, 0.25) is 0 Å². The zero-order valence-corrected chi connectivity index (χ0v) is 10.5. The lowest BCUT2D eigenvalue weighted by atomic mass is 10.0. The van der Waals surface area contributed by atoms with E-state index < -0.39 is 5.54 Å². The highest BCUT2D eigenvalue weighted by Gasteiger charge is 2.25. The van der Waals surface area contributed by atoms with Crippen LogP contribution in [0.4, 0.5) is 5.69 Å². The predicted molar refractivity (Wildman–Crippen MR) is 67.4 cm³/mol.